The summed E-state index contributed by atoms with van der Waals surface area (Å²) < 4.78 is 33.4. The first-order valence-electron chi connectivity index (χ1n) is 9.71. The summed E-state index contributed by atoms with van der Waals surface area (Å²) in [6, 6.07) is 3.97. The quantitative estimate of drug-likeness (QED) is 0.381. The van der Waals surface area contributed by atoms with Crippen molar-refractivity contribution in [1.29, 1.82) is 0 Å². The number of hydrogen-bond acceptors (Lipinski definition) is 3. The molecule has 0 radical (unpaired) electrons. The van der Waals surface area contributed by atoms with Crippen LogP contribution in [0.5, 0.6) is 0 Å². The molecule has 0 bridgehead atoms. The molecule has 1 aromatic rings. The van der Waals surface area contributed by atoms with E-state index in [1.807, 2.05) is 4.90 Å². The van der Waals surface area contributed by atoms with Crippen molar-refractivity contribution in [3.63, 3.8) is 0 Å². The van der Waals surface area contributed by atoms with Gasteiger partial charge >= 0.3 is 0 Å². The highest BCUT2D eigenvalue weighted by molar-refractivity contribution is 14.0. The normalized spacial score (nSPS) is 29.0. The summed E-state index contributed by atoms with van der Waals surface area (Å²) in [5.41, 5.74) is 0.424. The molecular weight excluding hydrogens is 477 g/mol. The lowest BCUT2D eigenvalue weighted by Crippen LogP contribution is -2.68. The van der Waals surface area contributed by atoms with Gasteiger partial charge in [-0.25, -0.2) is 8.78 Å². The maximum atomic E-state index is 14.0. The minimum absolute atomic E-state index is 0. The Balaban J connectivity index is 0.00000225. The van der Waals surface area contributed by atoms with E-state index in [2.05, 4.69) is 29.1 Å². The molecule has 3 atom stereocenters. The van der Waals surface area contributed by atoms with E-state index < -0.39 is 5.82 Å². The number of nitrogens with one attached hydrogen (secondary N) is 1. The summed E-state index contributed by atoms with van der Waals surface area (Å²) in [5.74, 6) is 0.639. The minimum Gasteiger partial charge on any atom is -0.377 e. The molecule has 2 heterocycles. The van der Waals surface area contributed by atoms with Gasteiger partial charge in [0.25, 0.3) is 0 Å². The average Bonchev–Trinajstić information content (AvgIpc) is 3.12. The second-order valence-electron chi connectivity index (χ2n) is 8.30. The van der Waals surface area contributed by atoms with Gasteiger partial charge in [0, 0.05) is 63.3 Å². The molecule has 5 nitrogen and oxygen atoms in total. The topological polar surface area (TPSA) is 40.1 Å². The predicted octanol–water partition coefficient (Wildman–Crippen LogP) is 3.09. The fourth-order valence-corrected chi connectivity index (χ4v) is 4.94. The Kier molecular flexibility index (Phi) is 6.38. The molecule has 0 amide bonds. The molecule has 4 rings (SSSR count). The first-order chi connectivity index (χ1) is 12.9. The average molecular weight is 506 g/mol. The molecule has 1 aliphatic carbocycles. The molecule has 156 valence electrons. The van der Waals surface area contributed by atoms with Gasteiger partial charge in [0.1, 0.15) is 11.6 Å². The van der Waals surface area contributed by atoms with E-state index in [9.17, 15) is 8.78 Å². The molecule has 28 heavy (non-hydrogen) atoms. The molecule has 2 saturated heterocycles. The van der Waals surface area contributed by atoms with Crippen molar-refractivity contribution in [2.24, 2.45) is 16.3 Å². The smallest absolute Gasteiger partial charge is 0.194 e. The van der Waals surface area contributed by atoms with E-state index in [4.69, 9.17) is 4.74 Å². The molecule has 1 N–H and O–H groups in total. The Bertz CT molecular complexity index is 737. The monoisotopic (exact) mass is 506 g/mol. The number of piperazine rings is 1. The zero-order valence-electron chi connectivity index (χ0n) is 16.6. The highest BCUT2D eigenvalue weighted by atomic mass is 127. The van der Waals surface area contributed by atoms with E-state index >= 15 is 0 Å². The third-order valence-corrected chi connectivity index (χ3v) is 6.42. The zero-order valence-corrected chi connectivity index (χ0v) is 19.0. The summed E-state index contributed by atoms with van der Waals surface area (Å²) in [4.78, 5) is 8.58. The lowest BCUT2D eigenvalue weighted by atomic mass is 9.57. The van der Waals surface area contributed by atoms with Crippen molar-refractivity contribution in [3.8, 4) is 0 Å². The van der Waals surface area contributed by atoms with Gasteiger partial charge in [-0.2, -0.15) is 0 Å². The maximum Gasteiger partial charge on any atom is 0.194 e. The molecule has 3 aliphatic rings. The van der Waals surface area contributed by atoms with Crippen LogP contribution in [0.4, 0.5) is 14.5 Å². The first kappa shape index (κ1) is 21.5. The molecule has 3 fully saturated rings. The number of rotatable bonds is 2. The Labute approximate surface area is 182 Å². The van der Waals surface area contributed by atoms with E-state index in [1.54, 1.807) is 7.05 Å². The van der Waals surface area contributed by atoms with Crippen LogP contribution in [0.25, 0.3) is 0 Å². The Morgan fingerprint density at radius 1 is 1.21 bits per heavy atom. The molecule has 0 aromatic heterocycles. The fourth-order valence-electron chi connectivity index (χ4n) is 4.94. The van der Waals surface area contributed by atoms with Crippen LogP contribution in [0.3, 0.4) is 0 Å². The van der Waals surface area contributed by atoms with Crippen molar-refractivity contribution < 1.29 is 13.5 Å². The zero-order chi connectivity index (χ0) is 19.2. The highest BCUT2D eigenvalue weighted by Gasteiger charge is 2.59. The summed E-state index contributed by atoms with van der Waals surface area (Å²) in [6.45, 7) is 8.02. The molecular formula is C20H29F2IN4O. The van der Waals surface area contributed by atoms with Gasteiger partial charge in [0.05, 0.1) is 11.8 Å². The van der Waals surface area contributed by atoms with E-state index in [0.29, 0.717) is 49.9 Å². The number of hydrogen-bond donors (Lipinski definition) is 1. The summed E-state index contributed by atoms with van der Waals surface area (Å²) in [5, 5.41) is 3.65. The second-order valence-corrected chi connectivity index (χ2v) is 8.30. The minimum atomic E-state index is -0.410. The predicted molar refractivity (Wildman–Crippen MR) is 117 cm³/mol. The number of ether oxygens (including phenoxy) is 1. The summed E-state index contributed by atoms with van der Waals surface area (Å²) >= 11 is 0. The second kappa shape index (κ2) is 8.30. The molecule has 3 unspecified atom stereocenters. The van der Waals surface area contributed by atoms with Crippen LogP contribution < -0.4 is 10.2 Å². The van der Waals surface area contributed by atoms with Crippen LogP contribution in [0.15, 0.2) is 23.2 Å². The maximum absolute atomic E-state index is 14.0. The van der Waals surface area contributed by atoms with Crippen LogP contribution >= 0.6 is 24.0 Å². The van der Waals surface area contributed by atoms with Gasteiger partial charge in [-0.05, 0) is 18.6 Å². The molecule has 0 spiro atoms. The summed E-state index contributed by atoms with van der Waals surface area (Å²) in [6.07, 6.45) is 1.43. The number of guanidine groups is 1. The Morgan fingerprint density at radius 2 is 1.93 bits per heavy atom. The van der Waals surface area contributed by atoms with Gasteiger partial charge in [-0.15, -0.1) is 24.0 Å². The lowest BCUT2D eigenvalue weighted by Gasteiger charge is -2.55. The highest BCUT2D eigenvalue weighted by Crippen LogP contribution is 2.52. The van der Waals surface area contributed by atoms with Crippen LogP contribution in [-0.2, 0) is 4.74 Å². The van der Waals surface area contributed by atoms with Gasteiger partial charge in [-0.3, -0.25) is 4.99 Å². The van der Waals surface area contributed by atoms with Crippen molar-refractivity contribution >= 4 is 35.6 Å². The number of aliphatic imine (C=N–C) groups is 1. The third kappa shape index (κ3) is 3.69. The third-order valence-electron chi connectivity index (χ3n) is 6.42. The van der Waals surface area contributed by atoms with E-state index in [-0.39, 0.29) is 35.2 Å². The molecule has 8 heteroatoms. The van der Waals surface area contributed by atoms with Gasteiger partial charge in [0.2, 0.25) is 0 Å². The van der Waals surface area contributed by atoms with Crippen LogP contribution in [0.1, 0.15) is 20.3 Å². The SMILES string of the molecule is CN=C(NC1C2CCOC2C1(C)C)N1CCN(c2cc(F)ccc2F)CC1.I. The number of benzene rings is 1. The number of halogens is 3. The van der Waals surface area contributed by atoms with Crippen molar-refractivity contribution in [3.05, 3.63) is 29.8 Å². The van der Waals surface area contributed by atoms with Gasteiger partial charge in [0.15, 0.2) is 5.96 Å². The Hall–Kier alpha value is -1.16. The van der Waals surface area contributed by atoms with Crippen LogP contribution in [0, 0.1) is 23.0 Å². The van der Waals surface area contributed by atoms with E-state index in [1.165, 1.54) is 12.1 Å². The van der Waals surface area contributed by atoms with Gasteiger partial charge in [-0.1, -0.05) is 13.8 Å². The van der Waals surface area contributed by atoms with Crippen molar-refractivity contribution in [2.75, 3.05) is 44.7 Å². The standard InChI is InChI=1S/C20H28F2N4O.HI/c1-20(2)17(14-6-11-27-18(14)20)24-19(23-3)26-9-7-25(8-10-26)16-12-13(21)4-5-15(16)22;/h4-5,12,14,17-18H,6-11H2,1-3H3,(H,23,24);1H. The molecule has 1 aromatic carbocycles. The van der Waals surface area contributed by atoms with Crippen LogP contribution in [0.2, 0.25) is 0 Å². The summed E-state index contributed by atoms with van der Waals surface area (Å²) in [7, 11) is 1.80. The Morgan fingerprint density at radius 3 is 2.61 bits per heavy atom. The lowest BCUT2D eigenvalue weighted by molar-refractivity contribution is -0.107. The number of nitrogens with zero attached hydrogens (tertiary/aromatic N) is 3. The number of fused-ring (bicyclic) bond motifs is 1. The van der Waals surface area contributed by atoms with Gasteiger partial charge < -0.3 is 19.9 Å². The largest absolute Gasteiger partial charge is 0.377 e. The number of anilines is 1. The van der Waals surface area contributed by atoms with Crippen LogP contribution in [-0.4, -0.2) is 62.8 Å². The molecule has 1 saturated carbocycles. The molecule has 2 aliphatic heterocycles. The fraction of sp³-hybridized carbons (Fsp3) is 0.650. The van der Waals surface area contributed by atoms with Crippen molar-refractivity contribution in [2.45, 2.75) is 32.4 Å². The van der Waals surface area contributed by atoms with E-state index in [0.717, 1.165) is 25.1 Å². The van der Waals surface area contributed by atoms with Crippen molar-refractivity contribution in [1.82, 2.24) is 10.2 Å². The first-order valence-corrected chi connectivity index (χ1v) is 9.71.